The zero-order valence-electron chi connectivity index (χ0n) is 17.8. The van der Waals surface area contributed by atoms with Crippen molar-refractivity contribution < 1.29 is 45.7 Å². The average molecular weight is 520 g/mol. The summed E-state index contributed by atoms with van der Waals surface area (Å²) in [5.41, 5.74) is 2.56. The minimum atomic E-state index is -4.81. The zero-order valence-corrected chi connectivity index (χ0v) is 18.7. The Morgan fingerprint density at radius 3 is 1.88 bits per heavy atom. The van der Waals surface area contributed by atoms with Crippen LogP contribution in [0.4, 0.5) is 30.7 Å². The van der Waals surface area contributed by atoms with Crippen molar-refractivity contribution in [1.82, 2.24) is 0 Å². The van der Waals surface area contributed by atoms with Crippen molar-refractivity contribution in [2.45, 2.75) is 43.6 Å². The van der Waals surface area contributed by atoms with E-state index < -0.39 is 53.8 Å². The molecular formula is C22H25ClF7NO3. The number of ether oxygens (including phenoxy) is 1. The van der Waals surface area contributed by atoms with Gasteiger partial charge in [0.15, 0.2) is 0 Å². The van der Waals surface area contributed by atoms with Gasteiger partial charge in [0, 0.05) is 0 Å². The molecule has 4 nitrogen and oxygen atoms in total. The maximum atomic E-state index is 13.6. The lowest BCUT2D eigenvalue weighted by Gasteiger charge is -2.24. The molecule has 2 aromatic rings. The molecule has 0 unspecified atom stereocenters. The van der Waals surface area contributed by atoms with Crippen molar-refractivity contribution >= 4 is 12.4 Å². The number of benzene rings is 2. The highest BCUT2D eigenvalue weighted by molar-refractivity contribution is 5.85. The first-order valence-corrected chi connectivity index (χ1v) is 9.98. The van der Waals surface area contributed by atoms with E-state index in [4.69, 9.17) is 10.5 Å². The maximum Gasteiger partial charge on any atom is 0.419 e. The third-order valence-electron chi connectivity index (χ3n) is 5.10. The number of aryl methyl sites for hydroxylation is 2. The Balaban J connectivity index is 0.00000578. The standard InChI is InChI=1S/C22H24F7NO3.ClH/c23-18-11-14(3-5-16(18)21(24,25)26)2-1-9-33-19-6-4-15(10-17(19)22(27,28)29)7-8-20(30,12-31)13-32;/h3-6,10-11,31-32H,1-2,7-9,12-13,30H2;1H. The van der Waals surface area contributed by atoms with E-state index in [0.717, 1.165) is 24.3 Å². The summed E-state index contributed by atoms with van der Waals surface area (Å²) < 4.78 is 97.1. The predicted molar refractivity (Wildman–Crippen MR) is 113 cm³/mol. The monoisotopic (exact) mass is 519 g/mol. The molecule has 192 valence electrons. The van der Waals surface area contributed by atoms with Crippen LogP contribution in [0.5, 0.6) is 5.75 Å². The van der Waals surface area contributed by atoms with Crippen molar-refractivity contribution in [1.29, 1.82) is 0 Å². The summed E-state index contributed by atoms with van der Waals surface area (Å²) in [4.78, 5) is 0. The number of hydrogen-bond acceptors (Lipinski definition) is 4. The third kappa shape index (κ3) is 8.30. The summed E-state index contributed by atoms with van der Waals surface area (Å²) in [6.45, 7) is -1.23. The molecular weight excluding hydrogens is 495 g/mol. The van der Waals surface area contributed by atoms with Crippen LogP contribution in [0.25, 0.3) is 0 Å². The molecule has 12 heteroatoms. The number of nitrogens with two attached hydrogens (primary N) is 1. The quantitative estimate of drug-likeness (QED) is 0.308. The van der Waals surface area contributed by atoms with E-state index in [2.05, 4.69) is 0 Å². The van der Waals surface area contributed by atoms with Gasteiger partial charge in [-0.15, -0.1) is 12.4 Å². The Kier molecular flexibility index (Phi) is 10.6. The Hall–Kier alpha value is -2.08. The van der Waals surface area contributed by atoms with E-state index in [1.54, 1.807) is 0 Å². The molecule has 4 N–H and O–H groups in total. The van der Waals surface area contributed by atoms with Gasteiger partial charge in [0.25, 0.3) is 0 Å². The van der Waals surface area contributed by atoms with Crippen LogP contribution in [0, 0.1) is 5.82 Å². The molecule has 0 saturated carbocycles. The van der Waals surface area contributed by atoms with E-state index >= 15 is 0 Å². The second-order valence-electron chi connectivity index (χ2n) is 7.77. The van der Waals surface area contributed by atoms with Gasteiger partial charge >= 0.3 is 12.4 Å². The Bertz CT molecular complexity index is 932. The number of halogens is 8. The van der Waals surface area contributed by atoms with Crippen molar-refractivity contribution in [2.24, 2.45) is 5.73 Å². The van der Waals surface area contributed by atoms with Crippen LogP contribution in [-0.2, 0) is 25.2 Å². The minimum absolute atomic E-state index is 0. The van der Waals surface area contributed by atoms with Crippen molar-refractivity contribution in [2.75, 3.05) is 19.8 Å². The summed E-state index contributed by atoms with van der Waals surface area (Å²) in [5, 5.41) is 18.4. The van der Waals surface area contributed by atoms with Crippen molar-refractivity contribution in [3.05, 3.63) is 64.5 Å². The van der Waals surface area contributed by atoms with E-state index in [-0.39, 0.29) is 55.8 Å². The summed E-state index contributed by atoms with van der Waals surface area (Å²) in [6.07, 6.45) is -9.13. The van der Waals surface area contributed by atoms with Crippen molar-refractivity contribution in [3.8, 4) is 5.75 Å². The van der Waals surface area contributed by atoms with E-state index in [9.17, 15) is 40.9 Å². The molecule has 0 heterocycles. The second kappa shape index (κ2) is 12.1. The molecule has 0 aliphatic carbocycles. The Morgan fingerprint density at radius 2 is 1.35 bits per heavy atom. The molecule has 2 rings (SSSR count). The molecule has 2 aromatic carbocycles. The van der Waals surface area contributed by atoms with Gasteiger partial charge in [0.1, 0.15) is 11.6 Å². The lowest BCUT2D eigenvalue weighted by atomic mass is 9.93. The smallest absolute Gasteiger partial charge is 0.419 e. The molecule has 0 fully saturated rings. The molecule has 0 radical (unpaired) electrons. The molecule has 0 bridgehead atoms. The molecule has 0 aliphatic heterocycles. The molecule has 0 aromatic heterocycles. The fourth-order valence-electron chi connectivity index (χ4n) is 3.08. The maximum absolute atomic E-state index is 13.6. The lowest BCUT2D eigenvalue weighted by molar-refractivity contribution is -0.140. The van der Waals surface area contributed by atoms with Gasteiger partial charge in [-0.3, -0.25) is 0 Å². The number of aliphatic hydroxyl groups is 2. The molecule has 0 amide bonds. The Morgan fingerprint density at radius 1 is 0.794 bits per heavy atom. The van der Waals surface area contributed by atoms with E-state index in [0.29, 0.717) is 6.07 Å². The van der Waals surface area contributed by atoms with Gasteiger partial charge in [-0.2, -0.15) is 26.3 Å². The Labute approximate surface area is 197 Å². The third-order valence-corrected chi connectivity index (χ3v) is 5.10. The van der Waals surface area contributed by atoms with Gasteiger partial charge in [-0.1, -0.05) is 12.1 Å². The van der Waals surface area contributed by atoms with Crippen LogP contribution in [0.1, 0.15) is 35.1 Å². The van der Waals surface area contributed by atoms with Crippen LogP contribution in [0.3, 0.4) is 0 Å². The fraction of sp³-hybridized carbons (Fsp3) is 0.455. The van der Waals surface area contributed by atoms with Crippen LogP contribution in [0.2, 0.25) is 0 Å². The van der Waals surface area contributed by atoms with Crippen LogP contribution >= 0.6 is 12.4 Å². The largest absolute Gasteiger partial charge is 0.493 e. The number of alkyl halides is 6. The number of rotatable bonds is 10. The van der Waals surface area contributed by atoms with E-state index in [1.165, 1.54) is 6.07 Å². The second-order valence-corrected chi connectivity index (χ2v) is 7.77. The van der Waals surface area contributed by atoms with Crippen LogP contribution in [-0.4, -0.2) is 35.6 Å². The van der Waals surface area contributed by atoms with E-state index in [1.807, 2.05) is 0 Å². The average Bonchev–Trinajstić information content (AvgIpc) is 2.74. The van der Waals surface area contributed by atoms with Gasteiger partial charge in [-0.25, -0.2) is 4.39 Å². The van der Waals surface area contributed by atoms with Gasteiger partial charge < -0.3 is 20.7 Å². The zero-order chi connectivity index (χ0) is 24.9. The first kappa shape index (κ1) is 30.0. The number of hydrogen-bond donors (Lipinski definition) is 3. The first-order chi connectivity index (χ1) is 15.3. The summed E-state index contributed by atoms with van der Waals surface area (Å²) >= 11 is 0. The van der Waals surface area contributed by atoms with Gasteiger partial charge in [0.2, 0.25) is 0 Å². The van der Waals surface area contributed by atoms with Crippen molar-refractivity contribution in [3.63, 3.8) is 0 Å². The molecule has 0 atom stereocenters. The molecule has 34 heavy (non-hydrogen) atoms. The fourth-order valence-corrected chi connectivity index (χ4v) is 3.08. The highest BCUT2D eigenvalue weighted by Gasteiger charge is 2.35. The topological polar surface area (TPSA) is 75.7 Å². The van der Waals surface area contributed by atoms with Crippen LogP contribution in [0.15, 0.2) is 36.4 Å². The normalized spacial score (nSPS) is 12.4. The molecule has 0 aliphatic rings. The minimum Gasteiger partial charge on any atom is -0.493 e. The first-order valence-electron chi connectivity index (χ1n) is 9.98. The highest BCUT2D eigenvalue weighted by Crippen LogP contribution is 2.37. The number of aliphatic hydroxyl groups excluding tert-OH is 2. The van der Waals surface area contributed by atoms with Gasteiger partial charge in [-0.05, 0) is 61.1 Å². The summed E-state index contributed by atoms with van der Waals surface area (Å²) in [5.74, 6) is -1.84. The van der Waals surface area contributed by atoms with Crippen LogP contribution < -0.4 is 10.5 Å². The van der Waals surface area contributed by atoms with Gasteiger partial charge in [0.05, 0.1) is 36.5 Å². The predicted octanol–water partition coefficient (Wildman–Crippen LogP) is 4.91. The summed E-state index contributed by atoms with van der Waals surface area (Å²) in [6, 6.07) is 5.93. The summed E-state index contributed by atoms with van der Waals surface area (Å²) in [7, 11) is 0. The lowest BCUT2D eigenvalue weighted by Crippen LogP contribution is -2.47. The molecule has 0 saturated heterocycles. The highest BCUT2D eigenvalue weighted by atomic mass is 35.5. The SMILES string of the molecule is Cl.NC(CO)(CO)CCc1ccc(OCCCc2ccc(C(F)(F)F)c(F)c2)c(C(F)(F)F)c1. The molecule has 0 spiro atoms.